The highest BCUT2D eigenvalue weighted by Crippen LogP contribution is 2.30. The second-order valence-corrected chi connectivity index (χ2v) is 5.34. The van der Waals surface area contributed by atoms with Crippen LogP contribution < -0.4 is 28.5 Å². The molecule has 3 rings (SSSR count). The summed E-state index contributed by atoms with van der Waals surface area (Å²) in [6, 6.07) is 10.2. The van der Waals surface area contributed by atoms with Crippen molar-refractivity contribution in [2.24, 2.45) is 4.99 Å². The van der Waals surface area contributed by atoms with Gasteiger partial charge in [-0.05, 0) is 30.7 Å². The van der Waals surface area contributed by atoms with Crippen molar-refractivity contribution in [3.63, 3.8) is 0 Å². The number of rotatable bonds is 0. The maximum atomic E-state index is 5.96. The van der Waals surface area contributed by atoms with E-state index in [0.717, 1.165) is 27.8 Å². The fraction of sp³-hybridized carbons (Fsp3) is 0.143. The molecule has 0 saturated heterocycles. The molecule has 0 aromatic heterocycles. The SMILES string of the molecule is CN=c1ccc2[nH+]c3ccc(N)c(C)c3sc-2c1.[Cl-]. The number of hydrogen-bond donors (Lipinski definition) is 1. The molecule has 0 saturated carbocycles. The lowest BCUT2D eigenvalue weighted by atomic mass is 10.2. The molecule has 2 aliphatic rings. The van der Waals surface area contributed by atoms with Gasteiger partial charge >= 0.3 is 0 Å². The lowest BCUT2D eigenvalue weighted by molar-refractivity contribution is -0.330. The maximum absolute atomic E-state index is 5.96. The molecule has 0 atom stereocenters. The fourth-order valence-corrected chi connectivity index (χ4v) is 3.16. The first kappa shape index (κ1) is 13.8. The van der Waals surface area contributed by atoms with Gasteiger partial charge in [0.25, 0.3) is 0 Å². The molecule has 1 aromatic rings. The number of hydrogen-bond acceptors (Lipinski definition) is 3. The number of aromatic nitrogens is 1. The molecule has 0 amide bonds. The highest BCUT2D eigenvalue weighted by Gasteiger charge is 2.15. The maximum Gasteiger partial charge on any atom is 0.221 e. The van der Waals surface area contributed by atoms with E-state index in [9.17, 15) is 0 Å². The van der Waals surface area contributed by atoms with Crippen LogP contribution in [0, 0.1) is 6.92 Å². The number of nitrogen functional groups attached to an aromatic ring is 1. The molecule has 3 N–H and O–H groups in total. The molecule has 1 aromatic carbocycles. The number of halogens is 1. The first-order valence-electron chi connectivity index (χ1n) is 5.77. The van der Waals surface area contributed by atoms with E-state index in [1.807, 2.05) is 18.2 Å². The summed E-state index contributed by atoms with van der Waals surface area (Å²) < 4.78 is 1.20. The van der Waals surface area contributed by atoms with E-state index in [4.69, 9.17) is 5.73 Å². The zero-order valence-electron chi connectivity index (χ0n) is 10.7. The molecule has 98 valence electrons. The summed E-state index contributed by atoms with van der Waals surface area (Å²) >= 11 is 1.75. The van der Waals surface area contributed by atoms with Crippen LogP contribution in [-0.2, 0) is 0 Å². The van der Waals surface area contributed by atoms with E-state index in [0.29, 0.717) is 0 Å². The molecule has 3 nitrogen and oxygen atoms in total. The van der Waals surface area contributed by atoms with Gasteiger partial charge in [0.2, 0.25) is 11.2 Å². The molecule has 0 bridgehead atoms. The number of aryl methyl sites for hydroxylation is 1. The molecule has 0 spiro atoms. The Labute approximate surface area is 121 Å². The molecular weight excluding hydrogens is 278 g/mol. The lowest BCUT2D eigenvalue weighted by Crippen LogP contribution is -3.00. The number of fused-ring (bicyclic) bond motifs is 2. The van der Waals surface area contributed by atoms with Crippen LogP contribution in [0.15, 0.2) is 35.3 Å². The normalized spacial score (nSPS) is 11.8. The van der Waals surface area contributed by atoms with Gasteiger partial charge < -0.3 is 18.1 Å². The van der Waals surface area contributed by atoms with Crippen LogP contribution in [0.1, 0.15) is 5.56 Å². The summed E-state index contributed by atoms with van der Waals surface area (Å²) in [7, 11) is 1.81. The van der Waals surface area contributed by atoms with Crippen molar-refractivity contribution < 1.29 is 17.4 Å². The Bertz CT molecular complexity index is 779. The minimum Gasteiger partial charge on any atom is -1.00 e. The number of nitrogens with two attached hydrogens (primary N) is 1. The van der Waals surface area contributed by atoms with Crippen LogP contribution in [-0.4, -0.2) is 7.05 Å². The molecule has 5 heteroatoms. The fourth-order valence-electron chi connectivity index (χ4n) is 2.03. The van der Waals surface area contributed by atoms with Crippen molar-refractivity contribution in [2.75, 3.05) is 12.8 Å². The van der Waals surface area contributed by atoms with Gasteiger partial charge in [-0.25, -0.2) is 4.98 Å². The van der Waals surface area contributed by atoms with Gasteiger partial charge in [-0.15, -0.1) is 11.3 Å². The molecule has 0 radical (unpaired) electrons. The number of anilines is 1. The number of nitrogens with zero attached hydrogens (tertiary/aromatic N) is 1. The second-order valence-electron chi connectivity index (χ2n) is 4.29. The van der Waals surface area contributed by atoms with Crippen molar-refractivity contribution in [2.45, 2.75) is 6.92 Å². The Hall–Kier alpha value is -1.65. The number of benzene rings is 2. The van der Waals surface area contributed by atoms with Gasteiger partial charge in [0.15, 0.2) is 0 Å². The van der Waals surface area contributed by atoms with E-state index < -0.39 is 0 Å². The Balaban J connectivity index is 0.00000133. The largest absolute Gasteiger partial charge is 1.00 e. The third kappa shape index (κ3) is 2.29. The van der Waals surface area contributed by atoms with Gasteiger partial charge in [0.05, 0.1) is 5.36 Å². The zero-order chi connectivity index (χ0) is 12.7. The van der Waals surface area contributed by atoms with Crippen molar-refractivity contribution in [3.05, 3.63) is 41.3 Å². The molecule has 1 aliphatic carbocycles. The minimum atomic E-state index is 0. The summed E-state index contributed by atoms with van der Waals surface area (Å²) in [5, 5.41) is 0.994. The molecule has 0 unspecified atom stereocenters. The first-order valence-corrected chi connectivity index (χ1v) is 6.58. The topological polar surface area (TPSA) is 52.5 Å². The first-order chi connectivity index (χ1) is 8.69. The summed E-state index contributed by atoms with van der Waals surface area (Å²) in [5.74, 6) is 0. The van der Waals surface area contributed by atoms with Crippen LogP contribution >= 0.6 is 11.3 Å². The molecule has 1 heterocycles. The quantitative estimate of drug-likeness (QED) is 0.430. The third-order valence-corrected chi connectivity index (χ3v) is 4.44. The Morgan fingerprint density at radius 1 is 1.21 bits per heavy atom. The predicted octanol–water partition coefficient (Wildman–Crippen LogP) is -0.755. The molecule has 19 heavy (non-hydrogen) atoms. The lowest BCUT2D eigenvalue weighted by Gasteiger charge is -2.04. The zero-order valence-corrected chi connectivity index (χ0v) is 12.3. The van der Waals surface area contributed by atoms with Crippen molar-refractivity contribution >= 4 is 27.2 Å². The summed E-state index contributed by atoms with van der Waals surface area (Å²) in [4.78, 5) is 8.84. The van der Waals surface area contributed by atoms with E-state index in [1.54, 1.807) is 18.4 Å². The van der Waals surface area contributed by atoms with Crippen LogP contribution in [0.3, 0.4) is 0 Å². The van der Waals surface area contributed by atoms with Gasteiger partial charge in [0, 0.05) is 24.9 Å². The van der Waals surface area contributed by atoms with E-state index in [2.05, 4.69) is 29.0 Å². The summed E-state index contributed by atoms with van der Waals surface area (Å²) in [5.41, 5.74) is 10.2. The van der Waals surface area contributed by atoms with E-state index >= 15 is 0 Å². The Morgan fingerprint density at radius 2 is 2.00 bits per heavy atom. The third-order valence-electron chi connectivity index (χ3n) is 3.15. The minimum absolute atomic E-state index is 0. The van der Waals surface area contributed by atoms with Gasteiger partial charge in [-0.3, -0.25) is 4.99 Å². The van der Waals surface area contributed by atoms with Crippen LogP contribution in [0.25, 0.3) is 20.8 Å². The molecule has 0 fully saturated rings. The van der Waals surface area contributed by atoms with E-state index in [-0.39, 0.29) is 12.4 Å². The van der Waals surface area contributed by atoms with Crippen LogP contribution in [0.4, 0.5) is 5.69 Å². The van der Waals surface area contributed by atoms with Crippen LogP contribution in [0.2, 0.25) is 0 Å². The second kappa shape index (κ2) is 5.15. The number of nitrogens with one attached hydrogen (secondary N) is 1. The van der Waals surface area contributed by atoms with Gasteiger partial charge in [-0.2, -0.15) is 0 Å². The van der Waals surface area contributed by atoms with Crippen molar-refractivity contribution in [1.82, 2.24) is 0 Å². The highest BCUT2D eigenvalue weighted by molar-refractivity contribution is 7.21. The number of H-pyrrole nitrogens is 1. The Morgan fingerprint density at radius 3 is 2.74 bits per heavy atom. The van der Waals surface area contributed by atoms with Crippen molar-refractivity contribution in [1.29, 1.82) is 0 Å². The molecular formula is C14H14ClN3S. The average Bonchev–Trinajstić information content (AvgIpc) is 2.41. The van der Waals surface area contributed by atoms with Gasteiger partial charge in [-0.1, -0.05) is 0 Å². The molecule has 1 aliphatic heterocycles. The van der Waals surface area contributed by atoms with Crippen LogP contribution in [0.5, 0.6) is 0 Å². The van der Waals surface area contributed by atoms with Crippen molar-refractivity contribution in [3.8, 4) is 10.6 Å². The summed E-state index contributed by atoms with van der Waals surface area (Å²) in [6.45, 7) is 2.06. The standard InChI is InChI=1S/C14H13N3S.ClH/c1-8-10(15)4-6-12-14(8)18-13-7-9(16-2)3-5-11(13)17-12;/h3-7H,15H2,1-2H3;1H. The van der Waals surface area contributed by atoms with Gasteiger partial charge in [0.1, 0.15) is 9.58 Å². The smallest absolute Gasteiger partial charge is 0.221 e. The predicted molar refractivity (Wildman–Crippen MR) is 75.6 cm³/mol. The summed E-state index contributed by atoms with van der Waals surface area (Å²) in [6.07, 6.45) is 0. The highest BCUT2D eigenvalue weighted by atomic mass is 35.5. The number of aromatic amines is 1. The Kier molecular flexibility index (Phi) is 3.73. The average molecular weight is 292 g/mol. The monoisotopic (exact) mass is 291 g/mol. The van der Waals surface area contributed by atoms with E-state index in [1.165, 1.54) is 9.58 Å².